The van der Waals surface area contributed by atoms with Gasteiger partial charge in [0.2, 0.25) is 0 Å². The standard InChI is InChI=1S/C13H21N3S/c1-9-10(2)15-12(16-13(9)14)8-17-11-6-4-3-5-7-11/h11H,3-8H2,1-2H3,(H2,14,15,16). The van der Waals surface area contributed by atoms with Crippen molar-refractivity contribution in [2.24, 2.45) is 0 Å². The van der Waals surface area contributed by atoms with E-state index in [1.807, 2.05) is 25.6 Å². The number of rotatable bonds is 3. The molecule has 1 aliphatic rings. The van der Waals surface area contributed by atoms with Gasteiger partial charge in [0.1, 0.15) is 11.6 Å². The molecule has 1 aromatic heterocycles. The zero-order chi connectivity index (χ0) is 12.3. The minimum Gasteiger partial charge on any atom is -0.383 e. The molecular formula is C13H21N3S. The monoisotopic (exact) mass is 251 g/mol. The Morgan fingerprint density at radius 1 is 1.18 bits per heavy atom. The van der Waals surface area contributed by atoms with E-state index in [-0.39, 0.29) is 0 Å². The lowest BCUT2D eigenvalue weighted by atomic mass is 10.0. The first-order chi connectivity index (χ1) is 8.16. The topological polar surface area (TPSA) is 51.8 Å². The van der Waals surface area contributed by atoms with Crippen molar-refractivity contribution in [2.45, 2.75) is 57.0 Å². The summed E-state index contributed by atoms with van der Waals surface area (Å²) in [6.45, 7) is 3.98. The minimum absolute atomic E-state index is 0.636. The smallest absolute Gasteiger partial charge is 0.140 e. The van der Waals surface area contributed by atoms with E-state index in [1.54, 1.807) is 0 Å². The van der Waals surface area contributed by atoms with Crippen molar-refractivity contribution < 1.29 is 0 Å². The maximum Gasteiger partial charge on any atom is 0.140 e. The summed E-state index contributed by atoms with van der Waals surface area (Å²) in [5.74, 6) is 2.42. The Morgan fingerprint density at radius 2 is 1.88 bits per heavy atom. The molecule has 4 heteroatoms. The number of hydrogen-bond donors (Lipinski definition) is 1. The van der Waals surface area contributed by atoms with Crippen molar-refractivity contribution in [2.75, 3.05) is 5.73 Å². The molecule has 0 atom stereocenters. The van der Waals surface area contributed by atoms with E-state index in [9.17, 15) is 0 Å². The van der Waals surface area contributed by atoms with Gasteiger partial charge >= 0.3 is 0 Å². The number of thioether (sulfide) groups is 1. The molecule has 1 aliphatic carbocycles. The molecule has 0 unspecified atom stereocenters. The predicted molar refractivity (Wildman–Crippen MR) is 74.1 cm³/mol. The molecule has 3 nitrogen and oxygen atoms in total. The maximum atomic E-state index is 5.87. The molecule has 0 spiro atoms. The molecule has 0 radical (unpaired) electrons. The Hall–Kier alpha value is -0.770. The summed E-state index contributed by atoms with van der Waals surface area (Å²) in [4.78, 5) is 8.87. The van der Waals surface area contributed by atoms with E-state index in [0.29, 0.717) is 5.82 Å². The number of nitrogen functional groups attached to an aromatic ring is 1. The molecule has 1 aromatic rings. The summed E-state index contributed by atoms with van der Waals surface area (Å²) in [6.07, 6.45) is 6.88. The van der Waals surface area contributed by atoms with Crippen LogP contribution in [0.5, 0.6) is 0 Å². The summed E-state index contributed by atoms with van der Waals surface area (Å²) in [6, 6.07) is 0. The molecule has 94 valence electrons. The molecule has 1 heterocycles. The van der Waals surface area contributed by atoms with E-state index in [0.717, 1.165) is 28.1 Å². The van der Waals surface area contributed by atoms with E-state index in [4.69, 9.17) is 5.73 Å². The van der Waals surface area contributed by atoms with Gasteiger partial charge in [0, 0.05) is 16.5 Å². The zero-order valence-corrected chi connectivity index (χ0v) is 11.5. The van der Waals surface area contributed by atoms with Crippen LogP contribution >= 0.6 is 11.8 Å². The first kappa shape index (κ1) is 12.7. The molecule has 1 saturated carbocycles. The van der Waals surface area contributed by atoms with Crippen molar-refractivity contribution >= 4 is 17.6 Å². The third kappa shape index (κ3) is 3.35. The summed E-state index contributed by atoms with van der Waals surface area (Å²) in [5, 5.41) is 0.801. The van der Waals surface area contributed by atoms with Crippen LogP contribution in [0.25, 0.3) is 0 Å². The molecule has 2 N–H and O–H groups in total. The van der Waals surface area contributed by atoms with Crippen LogP contribution in [-0.2, 0) is 5.75 Å². The number of nitrogens with two attached hydrogens (primary N) is 1. The highest BCUT2D eigenvalue weighted by molar-refractivity contribution is 7.99. The van der Waals surface area contributed by atoms with Gasteiger partial charge in [-0.2, -0.15) is 11.8 Å². The number of aryl methyl sites for hydroxylation is 1. The molecule has 0 saturated heterocycles. The second-order valence-electron chi connectivity index (χ2n) is 4.81. The van der Waals surface area contributed by atoms with Gasteiger partial charge in [-0.1, -0.05) is 19.3 Å². The van der Waals surface area contributed by atoms with Crippen LogP contribution in [0, 0.1) is 13.8 Å². The van der Waals surface area contributed by atoms with Crippen LogP contribution in [-0.4, -0.2) is 15.2 Å². The molecular weight excluding hydrogens is 230 g/mol. The third-order valence-corrected chi connectivity index (χ3v) is 4.84. The van der Waals surface area contributed by atoms with Crippen molar-refractivity contribution in [1.29, 1.82) is 0 Å². The fourth-order valence-electron chi connectivity index (χ4n) is 2.20. The van der Waals surface area contributed by atoms with Crippen molar-refractivity contribution in [1.82, 2.24) is 9.97 Å². The van der Waals surface area contributed by atoms with Gasteiger partial charge in [0.15, 0.2) is 0 Å². The van der Waals surface area contributed by atoms with Crippen molar-refractivity contribution in [3.05, 3.63) is 17.1 Å². The maximum absolute atomic E-state index is 5.87. The van der Waals surface area contributed by atoms with Crippen molar-refractivity contribution in [3.63, 3.8) is 0 Å². The minimum atomic E-state index is 0.636. The number of aromatic nitrogens is 2. The largest absolute Gasteiger partial charge is 0.383 e. The van der Waals surface area contributed by atoms with E-state index >= 15 is 0 Å². The van der Waals surface area contributed by atoms with E-state index < -0.39 is 0 Å². The first-order valence-electron chi connectivity index (χ1n) is 6.38. The normalized spacial score (nSPS) is 17.3. The highest BCUT2D eigenvalue weighted by Gasteiger charge is 2.14. The van der Waals surface area contributed by atoms with Gasteiger partial charge in [-0.05, 0) is 26.7 Å². The molecule has 0 amide bonds. The van der Waals surface area contributed by atoms with Crippen LogP contribution in [0.1, 0.15) is 49.2 Å². The third-order valence-electron chi connectivity index (χ3n) is 3.47. The van der Waals surface area contributed by atoms with Gasteiger partial charge in [-0.15, -0.1) is 0 Å². The zero-order valence-electron chi connectivity index (χ0n) is 10.7. The summed E-state index contributed by atoms with van der Waals surface area (Å²) >= 11 is 1.99. The van der Waals surface area contributed by atoms with Crippen LogP contribution in [0.4, 0.5) is 5.82 Å². The van der Waals surface area contributed by atoms with Crippen LogP contribution in [0.15, 0.2) is 0 Å². The molecule has 2 rings (SSSR count). The average Bonchev–Trinajstić information content (AvgIpc) is 2.34. The quantitative estimate of drug-likeness (QED) is 0.896. The van der Waals surface area contributed by atoms with Gasteiger partial charge < -0.3 is 5.73 Å². The molecule has 0 bridgehead atoms. The van der Waals surface area contributed by atoms with Crippen LogP contribution in [0.2, 0.25) is 0 Å². The average molecular weight is 251 g/mol. The lowest BCUT2D eigenvalue weighted by molar-refractivity contribution is 0.516. The van der Waals surface area contributed by atoms with Gasteiger partial charge in [-0.3, -0.25) is 0 Å². The summed E-state index contributed by atoms with van der Waals surface area (Å²) in [5.41, 5.74) is 7.89. The van der Waals surface area contributed by atoms with Crippen molar-refractivity contribution in [3.8, 4) is 0 Å². The fraction of sp³-hybridized carbons (Fsp3) is 0.692. The Kier molecular flexibility index (Phi) is 4.26. The lowest BCUT2D eigenvalue weighted by Gasteiger charge is -2.20. The van der Waals surface area contributed by atoms with Crippen LogP contribution in [0.3, 0.4) is 0 Å². The van der Waals surface area contributed by atoms with Crippen LogP contribution < -0.4 is 5.73 Å². The Labute approximate surface area is 108 Å². The molecule has 17 heavy (non-hydrogen) atoms. The Balaban J connectivity index is 1.94. The van der Waals surface area contributed by atoms with Gasteiger partial charge in [0.05, 0.1) is 5.75 Å². The number of anilines is 1. The molecule has 0 aromatic carbocycles. The number of hydrogen-bond acceptors (Lipinski definition) is 4. The predicted octanol–water partition coefficient (Wildman–Crippen LogP) is 3.24. The second-order valence-corrected chi connectivity index (χ2v) is 6.10. The van der Waals surface area contributed by atoms with E-state index in [2.05, 4.69) is 9.97 Å². The summed E-state index contributed by atoms with van der Waals surface area (Å²) < 4.78 is 0. The number of nitrogens with zero attached hydrogens (tertiary/aromatic N) is 2. The Morgan fingerprint density at radius 3 is 2.53 bits per heavy atom. The van der Waals surface area contributed by atoms with E-state index in [1.165, 1.54) is 32.1 Å². The highest BCUT2D eigenvalue weighted by Crippen LogP contribution is 2.30. The SMILES string of the molecule is Cc1nc(CSC2CCCCC2)nc(N)c1C. The van der Waals surface area contributed by atoms with Gasteiger partial charge in [0.25, 0.3) is 0 Å². The molecule has 1 fully saturated rings. The first-order valence-corrected chi connectivity index (χ1v) is 7.43. The summed E-state index contributed by atoms with van der Waals surface area (Å²) in [7, 11) is 0. The molecule has 0 aliphatic heterocycles. The fourth-order valence-corrected chi connectivity index (χ4v) is 3.38. The van der Waals surface area contributed by atoms with Gasteiger partial charge in [-0.25, -0.2) is 9.97 Å². The second kappa shape index (κ2) is 5.71. The highest BCUT2D eigenvalue weighted by atomic mass is 32.2. The Bertz CT molecular complexity index is 363. The lowest BCUT2D eigenvalue weighted by Crippen LogP contribution is -2.10.